The number of likely N-dealkylation sites (tertiary alicyclic amines) is 1. The Kier molecular flexibility index (Phi) is 5.75. The first-order valence-corrected chi connectivity index (χ1v) is 9.34. The van der Waals surface area contributed by atoms with Gasteiger partial charge in [-0.25, -0.2) is 9.97 Å². The van der Waals surface area contributed by atoms with Crippen LogP contribution in [0.4, 0.5) is 0 Å². The second-order valence-electron chi connectivity index (χ2n) is 6.60. The Labute approximate surface area is 143 Å². The van der Waals surface area contributed by atoms with Gasteiger partial charge in [-0.15, -0.1) is 11.3 Å². The Hall–Kier alpha value is -1.30. The van der Waals surface area contributed by atoms with Crippen LogP contribution < -0.4 is 0 Å². The number of thiophene rings is 1. The third kappa shape index (κ3) is 4.59. The number of aromatic nitrogens is 2. The Morgan fingerprint density at radius 1 is 1.26 bits per heavy atom. The molecule has 1 atom stereocenters. The summed E-state index contributed by atoms with van der Waals surface area (Å²) >= 11 is 1.69. The molecule has 0 radical (unpaired) electrons. The summed E-state index contributed by atoms with van der Waals surface area (Å²) in [5.41, 5.74) is 1.22. The van der Waals surface area contributed by atoms with E-state index in [2.05, 4.69) is 45.3 Å². The van der Waals surface area contributed by atoms with E-state index in [1.807, 2.05) is 18.5 Å². The molecule has 1 fully saturated rings. The average molecular weight is 331 g/mol. The molecule has 0 spiro atoms. The average Bonchev–Trinajstić information content (AvgIpc) is 3.09. The standard InChI is InChI=1S/C18H26N4S/c1-21(2)10-8-16-6-3-4-9-22(16)14-15-12-19-18(20-13-15)17-7-5-11-23-17/h5,7,11-13,16H,3-4,6,8-10,14H2,1-2H3/t16-/m1/s1. The quantitative estimate of drug-likeness (QED) is 0.811. The lowest BCUT2D eigenvalue weighted by atomic mass is 9.98. The van der Waals surface area contributed by atoms with Crippen LogP contribution in [-0.2, 0) is 6.54 Å². The first-order chi connectivity index (χ1) is 11.2. The summed E-state index contributed by atoms with van der Waals surface area (Å²) in [6, 6.07) is 4.81. The molecule has 0 saturated carbocycles. The molecule has 23 heavy (non-hydrogen) atoms. The Morgan fingerprint density at radius 3 is 2.78 bits per heavy atom. The number of hydrogen-bond acceptors (Lipinski definition) is 5. The summed E-state index contributed by atoms with van der Waals surface area (Å²) in [5, 5.41) is 2.07. The van der Waals surface area contributed by atoms with E-state index in [0.717, 1.165) is 23.8 Å². The second-order valence-corrected chi connectivity index (χ2v) is 7.55. The summed E-state index contributed by atoms with van der Waals surface area (Å²) < 4.78 is 0. The van der Waals surface area contributed by atoms with Gasteiger partial charge in [0.25, 0.3) is 0 Å². The van der Waals surface area contributed by atoms with E-state index in [0.29, 0.717) is 6.04 Å². The lowest BCUT2D eigenvalue weighted by molar-refractivity contribution is 0.124. The van der Waals surface area contributed by atoms with Crippen LogP contribution in [0.1, 0.15) is 31.2 Å². The number of hydrogen-bond donors (Lipinski definition) is 0. The SMILES string of the molecule is CN(C)CC[C@H]1CCCCN1Cc1cnc(-c2cccs2)nc1. The van der Waals surface area contributed by atoms with Crippen molar-refractivity contribution in [1.82, 2.24) is 19.8 Å². The van der Waals surface area contributed by atoms with Gasteiger partial charge in [-0.05, 0) is 57.9 Å². The number of rotatable bonds is 6. The largest absolute Gasteiger partial charge is 0.309 e. The lowest BCUT2D eigenvalue weighted by Crippen LogP contribution is -2.40. The van der Waals surface area contributed by atoms with E-state index in [4.69, 9.17) is 0 Å². The van der Waals surface area contributed by atoms with Gasteiger partial charge in [0.15, 0.2) is 5.82 Å². The molecule has 0 unspecified atom stereocenters. The van der Waals surface area contributed by atoms with E-state index < -0.39 is 0 Å². The zero-order valence-corrected chi connectivity index (χ0v) is 14.9. The molecule has 1 aliphatic heterocycles. The summed E-state index contributed by atoms with van der Waals surface area (Å²) in [6.07, 6.45) is 9.25. The highest BCUT2D eigenvalue weighted by atomic mass is 32.1. The van der Waals surface area contributed by atoms with Gasteiger partial charge < -0.3 is 4.90 Å². The highest BCUT2D eigenvalue weighted by Crippen LogP contribution is 2.23. The fourth-order valence-corrected chi connectivity index (χ4v) is 3.88. The highest BCUT2D eigenvalue weighted by molar-refractivity contribution is 7.13. The monoisotopic (exact) mass is 330 g/mol. The first kappa shape index (κ1) is 16.6. The predicted molar refractivity (Wildman–Crippen MR) is 96.6 cm³/mol. The van der Waals surface area contributed by atoms with Gasteiger partial charge in [-0.3, -0.25) is 4.90 Å². The van der Waals surface area contributed by atoms with Crippen LogP contribution in [0, 0.1) is 0 Å². The van der Waals surface area contributed by atoms with Crippen LogP contribution in [0.25, 0.3) is 10.7 Å². The molecule has 4 nitrogen and oxygen atoms in total. The maximum Gasteiger partial charge on any atom is 0.169 e. The van der Waals surface area contributed by atoms with Gasteiger partial charge >= 0.3 is 0 Å². The van der Waals surface area contributed by atoms with Crippen LogP contribution >= 0.6 is 11.3 Å². The van der Waals surface area contributed by atoms with Crippen molar-refractivity contribution in [2.75, 3.05) is 27.2 Å². The fourth-order valence-electron chi connectivity index (χ4n) is 3.21. The molecule has 3 heterocycles. The van der Waals surface area contributed by atoms with E-state index in [1.165, 1.54) is 37.8 Å². The zero-order chi connectivity index (χ0) is 16.1. The summed E-state index contributed by atoms with van der Waals surface area (Å²) in [7, 11) is 4.31. The minimum absolute atomic E-state index is 0.697. The third-order valence-electron chi connectivity index (χ3n) is 4.49. The molecule has 0 aromatic carbocycles. The molecule has 1 aliphatic rings. The number of nitrogens with zero attached hydrogens (tertiary/aromatic N) is 4. The predicted octanol–water partition coefficient (Wildman–Crippen LogP) is 3.51. The van der Waals surface area contributed by atoms with Gasteiger partial charge in [-0.2, -0.15) is 0 Å². The minimum Gasteiger partial charge on any atom is -0.309 e. The Morgan fingerprint density at radius 2 is 2.09 bits per heavy atom. The molecular formula is C18H26N4S. The van der Waals surface area contributed by atoms with Crippen molar-refractivity contribution in [2.45, 2.75) is 38.3 Å². The fraction of sp³-hybridized carbons (Fsp3) is 0.556. The van der Waals surface area contributed by atoms with Crippen molar-refractivity contribution in [3.63, 3.8) is 0 Å². The van der Waals surface area contributed by atoms with Gasteiger partial charge in [0, 0.05) is 30.5 Å². The van der Waals surface area contributed by atoms with Crippen LogP contribution in [-0.4, -0.2) is 53.0 Å². The Balaban J connectivity index is 1.62. The van der Waals surface area contributed by atoms with Crippen molar-refractivity contribution in [3.8, 4) is 10.7 Å². The Bertz CT molecular complexity index is 580. The topological polar surface area (TPSA) is 32.3 Å². The van der Waals surface area contributed by atoms with E-state index in [-0.39, 0.29) is 0 Å². The molecule has 1 saturated heterocycles. The zero-order valence-electron chi connectivity index (χ0n) is 14.1. The molecular weight excluding hydrogens is 304 g/mol. The molecule has 2 aromatic rings. The van der Waals surface area contributed by atoms with Crippen molar-refractivity contribution in [2.24, 2.45) is 0 Å². The molecule has 0 aliphatic carbocycles. The van der Waals surface area contributed by atoms with Crippen molar-refractivity contribution in [3.05, 3.63) is 35.5 Å². The third-order valence-corrected chi connectivity index (χ3v) is 5.36. The summed E-state index contributed by atoms with van der Waals surface area (Å²) in [5.74, 6) is 0.839. The molecule has 2 aromatic heterocycles. The molecule has 5 heteroatoms. The van der Waals surface area contributed by atoms with Crippen LogP contribution in [0.15, 0.2) is 29.9 Å². The maximum absolute atomic E-state index is 4.55. The van der Waals surface area contributed by atoms with Crippen LogP contribution in [0.5, 0.6) is 0 Å². The van der Waals surface area contributed by atoms with Gasteiger partial charge in [0.2, 0.25) is 0 Å². The molecule has 0 bridgehead atoms. The molecule has 3 rings (SSSR count). The lowest BCUT2D eigenvalue weighted by Gasteiger charge is -2.36. The second kappa shape index (κ2) is 7.99. The summed E-state index contributed by atoms with van der Waals surface area (Å²) in [4.78, 5) is 15.1. The smallest absolute Gasteiger partial charge is 0.169 e. The van der Waals surface area contributed by atoms with Crippen molar-refractivity contribution >= 4 is 11.3 Å². The van der Waals surface area contributed by atoms with Crippen LogP contribution in [0.3, 0.4) is 0 Å². The molecule has 0 N–H and O–H groups in total. The first-order valence-electron chi connectivity index (χ1n) is 8.46. The van der Waals surface area contributed by atoms with E-state index in [1.54, 1.807) is 11.3 Å². The van der Waals surface area contributed by atoms with Gasteiger partial charge in [-0.1, -0.05) is 12.5 Å². The molecule has 124 valence electrons. The number of piperidine rings is 1. The van der Waals surface area contributed by atoms with Crippen molar-refractivity contribution in [1.29, 1.82) is 0 Å². The van der Waals surface area contributed by atoms with Crippen LogP contribution in [0.2, 0.25) is 0 Å². The van der Waals surface area contributed by atoms with Crippen molar-refractivity contribution < 1.29 is 0 Å². The molecule has 0 amide bonds. The van der Waals surface area contributed by atoms with E-state index >= 15 is 0 Å². The van der Waals surface area contributed by atoms with E-state index in [9.17, 15) is 0 Å². The highest BCUT2D eigenvalue weighted by Gasteiger charge is 2.22. The van der Waals surface area contributed by atoms with Gasteiger partial charge in [0.1, 0.15) is 0 Å². The normalized spacial score (nSPS) is 19.3. The summed E-state index contributed by atoms with van der Waals surface area (Å²) in [6.45, 7) is 3.34. The van der Waals surface area contributed by atoms with Gasteiger partial charge in [0.05, 0.1) is 4.88 Å². The minimum atomic E-state index is 0.697. The maximum atomic E-state index is 4.55.